The number of hydrogen-bond acceptors (Lipinski definition) is 3. The summed E-state index contributed by atoms with van der Waals surface area (Å²) in [5.41, 5.74) is 1.01. The summed E-state index contributed by atoms with van der Waals surface area (Å²) in [6, 6.07) is 10.8. The zero-order valence-electron chi connectivity index (χ0n) is 9.93. The summed E-state index contributed by atoms with van der Waals surface area (Å²) in [5, 5.41) is 0.340. The Balaban J connectivity index is 2.37. The molecule has 3 nitrogen and oxygen atoms in total. The second-order valence-corrected chi connectivity index (χ2v) is 6.28. The highest BCUT2D eigenvalue weighted by molar-refractivity contribution is 7.87. The largest absolute Gasteiger partial charge is 0.379 e. The van der Waals surface area contributed by atoms with Gasteiger partial charge in [0.25, 0.3) is 0 Å². The molecule has 100 valence electrons. The second-order valence-electron chi connectivity index (χ2n) is 3.93. The normalized spacial score (nSPS) is 11.3. The third-order valence-electron chi connectivity index (χ3n) is 2.39. The summed E-state index contributed by atoms with van der Waals surface area (Å²) in [6.45, 7) is 1.89. The van der Waals surface area contributed by atoms with E-state index in [4.69, 9.17) is 27.4 Å². The first-order valence-electron chi connectivity index (χ1n) is 5.35. The Bertz CT molecular complexity index is 694. The minimum Gasteiger partial charge on any atom is -0.379 e. The molecule has 0 aliphatic rings. The van der Waals surface area contributed by atoms with Gasteiger partial charge < -0.3 is 4.18 Å². The van der Waals surface area contributed by atoms with Gasteiger partial charge in [-0.15, -0.1) is 0 Å². The van der Waals surface area contributed by atoms with Gasteiger partial charge in [-0.25, -0.2) is 0 Å². The van der Waals surface area contributed by atoms with E-state index < -0.39 is 10.1 Å². The minimum atomic E-state index is -4.00. The lowest BCUT2D eigenvalue weighted by molar-refractivity contribution is 0.486. The molecule has 0 saturated heterocycles. The highest BCUT2D eigenvalue weighted by Crippen LogP contribution is 2.27. The lowest BCUT2D eigenvalue weighted by atomic mass is 10.2. The third-order valence-corrected chi connectivity index (χ3v) is 4.35. The van der Waals surface area contributed by atoms with Crippen LogP contribution in [-0.2, 0) is 10.1 Å². The van der Waals surface area contributed by atoms with Crippen LogP contribution in [0.1, 0.15) is 5.56 Å². The molecule has 0 N–H and O–H groups in total. The van der Waals surface area contributed by atoms with E-state index >= 15 is 0 Å². The van der Waals surface area contributed by atoms with Crippen LogP contribution in [0.3, 0.4) is 0 Å². The fourth-order valence-corrected chi connectivity index (χ4v) is 3.10. The van der Waals surface area contributed by atoms with Crippen LogP contribution in [0, 0.1) is 6.92 Å². The van der Waals surface area contributed by atoms with Gasteiger partial charge in [0.2, 0.25) is 0 Å². The number of halogens is 2. The van der Waals surface area contributed by atoms with Crippen LogP contribution in [0.2, 0.25) is 10.0 Å². The molecule has 0 aromatic heterocycles. The molecular formula is C13H10Cl2O3S. The molecule has 0 bridgehead atoms. The number of rotatable bonds is 3. The molecule has 0 radical (unpaired) electrons. The van der Waals surface area contributed by atoms with Crippen molar-refractivity contribution in [3.8, 4) is 5.75 Å². The Morgan fingerprint density at radius 2 is 1.63 bits per heavy atom. The van der Waals surface area contributed by atoms with Gasteiger partial charge in [-0.1, -0.05) is 40.9 Å². The van der Waals surface area contributed by atoms with E-state index in [-0.39, 0.29) is 20.7 Å². The lowest BCUT2D eigenvalue weighted by Gasteiger charge is -2.08. The van der Waals surface area contributed by atoms with E-state index in [1.54, 1.807) is 24.3 Å². The monoisotopic (exact) mass is 316 g/mol. The standard InChI is InChI=1S/C13H10Cl2O3S/c1-9-2-5-11(6-3-9)18-19(16,17)13-8-10(14)4-7-12(13)15/h2-8H,1H3. The Labute approximate surface area is 121 Å². The van der Waals surface area contributed by atoms with Crippen LogP contribution in [-0.4, -0.2) is 8.42 Å². The smallest absolute Gasteiger partial charge is 0.340 e. The Morgan fingerprint density at radius 1 is 1.00 bits per heavy atom. The van der Waals surface area contributed by atoms with Crippen LogP contribution in [0.5, 0.6) is 5.75 Å². The minimum absolute atomic E-state index is 0.0662. The maximum atomic E-state index is 12.1. The second kappa shape index (κ2) is 5.41. The third kappa shape index (κ3) is 3.41. The summed E-state index contributed by atoms with van der Waals surface area (Å²) in [5.74, 6) is 0.224. The van der Waals surface area contributed by atoms with E-state index in [2.05, 4.69) is 0 Å². The highest BCUT2D eigenvalue weighted by Gasteiger charge is 2.20. The van der Waals surface area contributed by atoms with E-state index in [1.807, 2.05) is 6.92 Å². The summed E-state index contributed by atoms with van der Waals surface area (Å²) in [6.07, 6.45) is 0. The van der Waals surface area contributed by atoms with Gasteiger partial charge in [0.15, 0.2) is 0 Å². The first kappa shape index (κ1) is 14.2. The first-order chi connectivity index (χ1) is 8.88. The number of aryl methyl sites for hydroxylation is 1. The van der Waals surface area contributed by atoms with Crippen molar-refractivity contribution >= 4 is 33.3 Å². The van der Waals surface area contributed by atoms with Gasteiger partial charge in [0, 0.05) is 5.02 Å². The molecule has 2 aromatic rings. The predicted molar refractivity (Wildman–Crippen MR) is 75.5 cm³/mol. The zero-order valence-corrected chi connectivity index (χ0v) is 12.3. The zero-order chi connectivity index (χ0) is 14.0. The Kier molecular flexibility index (Phi) is 4.04. The SMILES string of the molecule is Cc1ccc(OS(=O)(=O)c2cc(Cl)ccc2Cl)cc1. The van der Waals surface area contributed by atoms with Crippen molar-refractivity contribution in [3.05, 3.63) is 58.1 Å². The Morgan fingerprint density at radius 3 is 2.26 bits per heavy atom. The van der Waals surface area contributed by atoms with Crippen molar-refractivity contribution in [3.63, 3.8) is 0 Å². The molecule has 0 aliphatic heterocycles. The molecule has 0 spiro atoms. The maximum absolute atomic E-state index is 12.1. The van der Waals surface area contributed by atoms with Gasteiger partial charge in [0.1, 0.15) is 10.6 Å². The average Bonchev–Trinajstić information content (AvgIpc) is 2.35. The summed E-state index contributed by atoms with van der Waals surface area (Å²) >= 11 is 11.6. The molecule has 0 unspecified atom stereocenters. The van der Waals surface area contributed by atoms with Crippen LogP contribution in [0.4, 0.5) is 0 Å². The molecule has 6 heteroatoms. The van der Waals surface area contributed by atoms with E-state index in [9.17, 15) is 8.42 Å². The van der Waals surface area contributed by atoms with Gasteiger partial charge in [0.05, 0.1) is 5.02 Å². The van der Waals surface area contributed by atoms with Crippen LogP contribution >= 0.6 is 23.2 Å². The van der Waals surface area contributed by atoms with Crippen molar-refractivity contribution in [2.75, 3.05) is 0 Å². The number of hydrogen-bond donors (Lipinski definition) is 0. The fourth-order valence-electron chi connectivity index (χ4n) is 1.43. The molecule has 19 heavy (non-hydrogen) atoms. The van der Waals surface area contributed by atoms with E-state index in [0.29, 0.717) is 0 Å². The maximum Gasteiger partial charge on any atom is 0.340 e. The molecule has 0 amide bonds. The van der Waals surface area contributed by atoms with E-state index in [0.717, 1.165) is 5.56 Å². The fraction of sp³-hybridized carbons (Fsp3) is 0.0769. The number of benzene rings is 2. The van der Waals surface area contributed by atoms with Gasteiger partial charge in [-0.05, 0) is 37.3 Å². The summed E-state index contributed by atoms with van der Waals surface area (Å²) in [4.78, 5) is -0.151. The molecular weight excluding hydrogens is 307 g/mol. The van der Waals surface area contributed by atoms with Crippen molar-refractivity contribution < 1.29 is 12.6 Å². The summed E-state index contributed by atoms with van der Waals surface area (Å²) < 4.78 is 29.2. The van der Waals surface area contributed by atoms with Crippen LogP contribution < -0.4 is 4.18 Å². The van der Waals surface area contributed by atoms with Crippen molar-refractivity contribution in [1.29, 1.82) is 0 Å². The van der Waals surface area contributed by atoms with Crippen molar-refractivity contribution in [2.24, 2.45) is 0 Å². The molecule has 2 aromatic carbocycles. The Hall–Kier alpha value is -1.23. The van der Waals surface area contributed by atoms with Gasteiger partial charge >= 0.3 is 10.1 Å². The van der Waals surface area contributed by atoms with Crippen molar-refractivity contribution in [2.45, 2.75) is 11.8 Å². The predicted octanol–water partition coefficient (Wildman–Crippen LogP) is 4.07. The molecule has 0 heterocycles. The van der Waals surface area contributed by atoms with E-state index in [1.165, 1.54) is 18.2 Å². The van der Waals surface area contributed by atoms with Gasteiger partial charge in [-0.2, -0.15) is 8.42 Å². The van der Waals surface area contributed by atoms with Crippen LogP contribution in [0.15, 0.2) is 47.4 Å². The molecule has 0 atom stereocenters. The molecule has 0 saturated carbocycles. The molecule has 2 rings (SSSR count). The average molecular weight is 317 g/mol. The van der Waals surface area contributed by atoms with Crippen molar-refractivity contribution in [1.82, 2.24) is 0 Å². The van der Waals surface area contributed by atoms with Gasteiger partial charge in [-0.3, -0.25) is 0 Å². The summed E-state index contributed by atoms with van der Waals surface area (Å²) in [7, 11) is -4.00. The molecule has 0 aliphatic carbocycles. The topological polar surface area (TPSA) is 43.4 Å². The quantitative estimate of drug-likeness (QED) is 0.802. The van der Waals surface area contributed by atoms with Crippen LogP contribution in [0.25, 0.3) is 0 Å². The highest BCUT2D eigenvalue weighted by atomic mass is 35.5. The first-order valence-corrected chi connectivity index (χ1v) is 7.51. The molecule has 0 fully saturated rings. The lowest BCUT2D eigenvalue weighted by Crippen LogP contribution is -2.10.